The second-order valence-electron chi connectivity index (χ2n) is 6.69. The number of amides is 1. The van der Waals surface area contributed by atoms with E-state index >= 15 is 0 Å². The minimum atomic E-state index is -4.62. The molecule has 0 saturated heterocycles. The molecule has 0 radical (unpaired) electrons. The van der Waals surface area contributed by atoms with E-state index < -0.39 is 17.7 Å². The maximum absolute atomic E-state index is 13.0. The Morgan fingerprint density at radius 1 is 1.09 bits per heavy atom. The maximum Gasteiger partial charge on any atom is 0.442 e. The molecule has 3 aromatic rings. The summed E-state index contributed by atoms with van der Waals surface area (Å²) in [6, 6.07) is 13.7. The molecule has 1 N–H and O–H groups in total. The number of nitrogens with one attached hydrogen (secondary N) is 1. The quantitative estimate of drug-likeness (QED) is 0.621. The van der Waals surface area contributed by atoms with Crippen LogP contribution in [0, 0.1) is 23.2 Å². The summed E-state index contributed by atoms with van der Waals surface area (Å²) in [7, 11) is 0. The van der Waals surface area contributed by atoms with Gasteiger partial charge in [0.2, 0.25) is 0 Å². The average molecular weight is 435 g/mol. The van der Waals surface area contributed by atoms with Crippen molar-refractivity contribution in [2.24, 2.45) is 10.2 Å². The zero-order chi connectivity index (χ0) is 22.8. The first-order valence-electron chi connectivity index (χ1n) is 9.14. The van der Waals surface area contributed by atoms with Gasteiger partial charge in [0.25, 0.3) is 5.91 Å². The third kappa shape index (κ3) is 4.04. The Morgan fingerprint density at radius 2 is 1.78 bits per heavy atom. The van der Waals surface area contributed by atoms with E-state index in [4.69, 9.17) is 5.26 Å². The molecule has 158 valence electrons. The molecule has 1 aliphatic heterocycles. The van der Waals surface area contributed by atoms with Gasteiger partial charge in [-0.3, -0.25) is 4.79 Å². The van der Waals surface area contributed by atoms with E-state index in [1.165, 1.54) is 28.9 Å². The number of carbonyl (C=O) groups is 1. The van der Waals surface area contributed by atoms with Crippen molar-refractivity contribution in [2.75, 3.05) is 0 Å². The molecule has 1 aromatic heterocycles. The Kier molecular flexibility index (Phi) is 5.16. The first-order chi connectivity index (χ1) is 15.3. The molecule has 1 amide bonds. The van der Waals surface area contributed by atoms with Crippen molar-refractivity contribution >= 4 is 5.91 Å². The van der Waals surface area contributed by atoms with E-state index in [0.29, 0.717) is 16.9 Å². The number of nitriles is 1. The van der Waals surface area contributed by atoms with Gasteiger partial charge in [-0.2, -0.15) is 18.4 Å². The predicted molar refractivity (Wildman–Crippen MR) is 104 cm³/mol. The highest BCUT2D eigenvalue weighted by atomic mass is 19.4. The molecule has 4 rings (SSSR count). The van der Waals surface area contributed by atoms with Crippen LogP contribution in [-0.2, 0) is 12.2 Å². The van der Waals surface area contributed by atoms with Crippen LogP contribution in [0.15, 0.2) is 65.0 Å². The summed E-state index contributed by atoms with van der Waals surface area (Å²) in [5, 5.41) is 25.4. The van der Waals surface area contributed by atoms with Gasteiger partial charge in [-0.15, -0.1) is 15.3 Å². The third-order valence-corrected chi connectivity index (χ3v) is 4.61. The summed E-state index contributed by atoms with van der Waals surface area (Å²) in [5.41, 5.74) is -0.597. The highest BCUT2D eigenvalue weighted by molar-refractivity contribution is 5.94. The zero-order valence-electron chi connectivity index (χ0n) is 16.1. The smallest absolute Gasteiger partial charge is 0.346 e. The Hall–Kier alpha value is -4.51. The van der Waals surface area contributed by atoms with E-state index in [2.05, 4.69) is 37.7 Å². The number of aromatic nitrogens is 3. The van der Waals surface area contributed by atoms with Crippen molar-refractivity contribution in [3.63, 3.8) is 0 Å². The van der Waals surface area contributed by atoms with Crippen LogP contribution in [0.5, 0.6) is 0 Å². The first kappa shape index (κ1) is 20.8. The highest BCUT2D eigenvalue weighted by Crippen LogP contribution is 2.52. The third-order valence-electron chi connectivity index (χ3n) is 4.61. The summed E-state index contributed by atoms with van der Waals surface area (Å²) >= 11 is 0. The molecule has 8 nitrogen and oxygen atoms in total. The van der Waals surface area contributed by atoms with Gasteiger partial charge in [-0.25, -0.2) is 4.68 Å². The SMILES string of the molecule is N#CC#Cc1ccc(-n2cc(CNC(=O)c3ccc(C4(C(F)(F)F)N=N4)cc3)nn2)cc1. The molecular weight excluding hydrogens is 423 g/mol. The number of benzene rings is 2. The van der Waals surface area contributed by atoms with Crippen LogP contribution >= 0.6 is 0 Å². The Morgan fingerprint density at radius 3 is 2.38 bits per heavy atom. The van der Waals surface area contributed by atoms with Crippen LogP contribution in [0.2, 0.25) is 0 Å². The van der Waals surface area contributed by atoms with E-state index in [1.807, 2.05) is 0 Å². The monoisotopic (exact) mass is 435 g/mol. The van der Waals surface area contributed by atoms with Gasteiger partial charge in [0.05, 0.1) is 18.4 Å². The summed E-state index contributed by atoms with van der Waals surface area (Å²) in [5.74, 6) is 4.51. The second kappa shape index (κ2) is 7.96. The molecule has 2 aromatic carbocycles. The predicted octanol–water partition coefficient (Wildman–Crippen LogP) is 3.25. The molecule has 0 unspecified atom stereocenters. The Balaban J connectivity index is 1.37. The molecule has 0 aliphatic carbocycles. The second-order valence-corrected chi connectivity index (χ2v) is 6.69. The topological polar surface area (TPSA) is 108 Å². The largest absolute Gasteiger partial charge is 0.442 e. The average Bonchev–Trinajstić information content (AvgIpc) is 3.49. The van der Waals surface area contributed by atoms with Gasteiger partial charge < -0.3 is 5.32 Å². The van der Waals surface area contributed by atoms with Crippen molar-refractivity contribution in [1.82, 2.24) is 20.3 Å². The minimum absolute atomic E-state index is 0.0729. The minimum Gasteiger partial charge on any atom is -0.346 e. The number of nitrogens with zero attached hydrogens (tertiary/aromatic N) is 6. The zero-order valence-corrected chi connectivity index (χ0v) is 16.1. The van der Waals surface area contributed by atoms with Crippen LogP contribution in [0.4, 0.5) is 13.2 Å². The Labute approximate surface area is 179 Å². The van der Waals surface area contributed by atoms with E-state index in [-0.39, 0.29) is 17.7 Å². The summed E-state index contributed by atoms with van der Waals surface area (Å²) in [6.07, 6.45) is -2.99. The molecule has 2 heterocycles. The number of halogens is 3. The molecule has 0 spiro atoms. The van der Waals surface area contributed by atoms with Crippen molar-refractivity contribution in [1.29, 1.82) is 5.26 Å². The molecule has 0 bridgehead atoms. The Bertz CT molecular complexity index is 1280. The molecule has 11 heteroatoms. The van der Waals surface area contributed by atoms with Gasteiger partial charge in [0, 0.05) is 22.6 Å². The molecule has 0 fully saturated rings. The van der Waals surface area contributed by atoms with E-state index in [9.17, 15) is 18.0 Å². The van der Waals surface area contributed by atoms with Crippen LogP contribution in [0.25, 0.3) is 5.69 Å². The first-order valence-corrected chi connectivity index (χ1v) is 9.14. The fourth-order valence-electron chi connectivity index (χ4n) is 2.87. The van der Waals surface area contributed by atoms with Crippen molar-refractivity contribution in [3.05, 3.63) is 77.1 Å². The molecule has 0 saturated carbocycles. The maximum atomic E-state index is 13.0. The normalized spacial score (nSPS) is 13.6. The summed E-state index contributed by atoms with van der Waals surface area (Å²) in [4.78, 5) is 12.3. The summed E-state index contributed by atoms with van der Waals surface area (Å²) < 4.78 is 40.6. The van der Waals surface area contributed by atoms with Crippen molar-refractivity contribution < 1.29 is 18.0 Å². The molecular formula is C21H12F3N7O. The van der Waals surface area contributed by atoms with Crippen LogP contribution in [-0.4, -0.2) is 27.1 Å². The van der Waals surface area contributed by atoms with Crippen molar-refractivity contribution in [2.45, 2.75) is 18.4 Å². The fourth-order valence-corrected chi connectivity index (χ4v) is 2.87. The number of hydrogen-bond acceptors (Lipinski definition) is 6. The lowest BCUT2D eigenvalue weighted by atomic mass is 10.0. The number of hydrogen-bond donors (Lipinski definition) is 1. The van der Waals surface area contributed by atoms with Crippen molar-refractivity contribution in [3.8, 4) is 23.6 Å². The highest BCUT2D eigenvalue weighted by Gasteiger charge is 2.65. The molecule has 32 heavy (non-hydrogen) atoms. The van der Waals surface area contributed by atoms with Gasteiger partial charge in [0.15, 0.2) is 6.07 Å². The van der Waals surface area contributed by atoms with Crippen LogP contribution in [0.1, 0.15) is 27.2 Å². The van der Waals surface area contributed by atoms with Crippen LogP contribution < -0.4 is 5.32 Å². The fraction of sp³-hybridized carbons (Fsp3) is 0.143. The lowest BCUT2D eigenvalue weighted by Gasteiger charge is -2.14. The summed E-state index contributed by atoms with van der Waals surface area (Å²) in [6.45, 7) is 0.0729. The lowest BCUT2D eigenvalue weighted by Crippen LogP contribution is -2.30. The van der Waals surface area contributed by atoms with Gasteiger partial charge in [-0.05, 0) is 36.4 Å². The van der Waals surface area contributed by atoms with E-state index in [0.717, 1.165) is 0 Å². The number of carbonyl (C=O) groups excluding carboxylic acids is 1. The van der Waals surface area contributed by atoms with Gasteiger partial charge in [-0.1, -0.05) is 23.3 Å². The van der Waals surface area contributed by atoms with Gasteiger partial charge in [0.1, 0.15) is 5.69 Å². The lowest BCUT2D eigenvalue weighted by molar-refractivity contribution is -0.166. The standard InChI is InChI=1S/C21H12F3N7O/c22-21(23,24)20(28-29-20)16-7-5-15(6-8-16)19(32)26-12-17-13-31(30-27-17)18-9-3-14(4-10-18)2-1-11-25/h3-10,13H,12H2,(H,26,32). The van der Waals surface area contributed by atoms with Crippen LogP contribution in [0.3, 0.4) is 0 Å². The van der Waals surface area contributed by atoms with E-state index in [1.54, 1.807) is 36.5 Å². The van der Waals surface area contributed by atoms with Gasteiger partial charge >= 0.3 is 11.8 Å². The molecule has 0 atom stereocenters. The number of alkyl halides is 3. The number of rotatable bonds is 5. The molecule has 1 aliphatic rings.